The lowest BCUT2D eigenvalue weighted by Gasteiger charge is -1.96. The van der Waals surface area contributed by atoms with Crippen LogP contribution in [0.15, 0.2) is 12.2 Å². The number of ketones is 1. The summed E-state index contributed by atoms with van der Waals surface area (Å²) in [5, 5.41) is 0. The Bertz CT molecular complexity index is 151. The Hall–Kier alpha value is -0.440. The van der Waals surface area contributed by atoms with Gasteiger partial charge in [0.1, 0.15) is 11.1 Å². The Labute approximate surface area is 62.1 Å². The summed E-state index contributed by atoms with van der Waals surface area (Å²) in [6, 6.07) is 0. The molecule has 0 saturated heterocycles. The van der Waals surface area contributed by atoms with Crippen molar-refractivity contribution in [1.29, 1.82) is 0 Å². The topological polar surface area (TPSA) is 34.1 Å². The molecule has 0 spiro atoms. The van der Waals surface area contributed by atoms with E-state index in [9.17, 15) is 9.59 Å². The number of rotatable bonds is 3. The molecule has 1 unspecified atom stereocenters. The molecule has 0 radical (unpaired) electrons. The predicted molar refractivity (Wildman–Crippen MR) is 38.6 cm³/mol. The summed E-state index contributed by atoms with van der Waals surface area (Å²) in [5.41, 5.74) is 0.393. The van der Waals surface area contributed by atoms with E-state index in [-0.39, 0.29) is 5.78 Å². The van der Waals surface area contributed by atoms with Crippen molar-refractivity contribution in [2.75, 3.05) is 0 Å². The van der Waals surface area contributed by atoms with E-state index in [1.54, 1.807) is 6.92 Å². The van der Waals surface area contributed by atoms with Gasteiger partial charge in [0.25, 0.3) is 0 Å². The van der Waals surface area contributed by atoms with Crippen molar-refractivity contribution >= 4 is 28.0 Å². The van der Waals surface area contributed by atoms with Gasteiger partial charge in [-0.05, 0) is 12.5 Å². The number of carbonyl (C=O) groups excluding carboxylic acids is 2. The molecule has 50 valence electrons. The number of hydrogen-bond acceptors (Lipinski definition) is 2. The molecule has 3 heteroatoms. The molecule has 0 heterocycles. The minimum absolute atomic E-state index is 0.259. The highest BCUT2D eigenvalue weighted by Gasteiger charge is 2.12. The zero-order chi connectivity index (χ0) is 7.44. The first-order valence-electron chi connectivity index (χ1n) is 2.38. The van der Waals surface area contributed by atoms with Gasteiger partial charge < -0.3 is 4.79 Å². The second-order valence-electron chi connectivity index (χ2n) is 1.68. The molecule has 0 aromatic heterocycles. The van der Waals surface area contributed by atoms with Gasteiger partial charge in [-0.25, -0.2) is 0 Å². The first kappa shape index (κ1) is 8.56. The lowest BCUT2D eigenvalue weighted by molar-refractivity contribution is -0.118. The maximum Gasteiger partial charge on any atom is 0.178 e. The van der Waals surface area contributed by atoms with Crippen LogP contribution in [0.5, 0.6) is 0 Å². The van der Waals surface area contributed by atoms with Gasteiger partial charge >= 0.3 is 0 Å². The van der Waals surface area contributed by atoms with Crippen molar-refractivity contribution in [3.8, 4) is 0 Å². The van der Waals surface area contributed by atoms with E-state index in [4.69, 9.17) is 0 Å². The highest BCUT2D eigenvalue weighted by molar-refractivity contribution is 9.10. The average molecular weight is 191 g/mol. The molecular weight excluding hydrogens is 184 g/mol. The first-order chi connectivity index (χ1) is 4.09. The van der Waals surface area contributed by atoms with E-state index in [0.717, 1.165) is 0 Å². The standard InChI is InChI=1S/C6H7BrO2/c1-4(2)6(9)5(7)3-8/h3,5H,1H2,2H3. The van der Waals surface area contributed by atoms with Gasteiger partial charge in [-0.2, -0.15) is 0 Å². The molecule has 2 nitrogen and oxygen atoms in total. The fourth-order valence-corrected chi connectivity index (χ4v) is 0.688. The van der Waals surface area contributed by atoms with Crippen LogP contribution in [0.25, 0.3) is 0 Å². The van der Waals surface area contributed by atoms with Crippen LogP contribution in [0.4, 0.5) is 0 Å². The summed E-state index contributed by atoms with van der Waals surface area (Å²) in [6.45, 7) is 4.96. The summed E-state index contributed by atoms with van der Waals surface area (Å²) in [6.07, 6.45) is 0.539. The fourth-order valence-electron chi connectivity index (χ4n) is 0.297. The molecule has 0 saturated carbocycles. The highest BCUT2D eigenvalue weighted by Crippen LogP contribution is 2.02. The maximum absolute atomic E-state index is 10.7. The summed E-state index contributed by atoms with van der Waals surface area (Å²) in [4.78, 5) is 19.9. The van der Waals surface area contributed by atoms with Crippen LogP contribution < -0.4 is 0 Å². The van der Waals surface area contributed by atoms with Crippen LogP contribution >= 0.6 is 15.9 Å². The zero-order valence-corrected chi connectivity index (χ0v) is 6.64. The monoisotopic (exact) mass is 190 g/mol. The molecule has 0 aromatic carbocycles. The van der Waals surface area contributed by atoms with Crippen molar-refractivity contribution < 1.29 is 9.59 Å². The van der Waals surface area contributed by atoms with Gasteiger partial charge in [-0.1, -0.05) is 22.5 Å². The number of Topliss-reactive ketones (excluding diaryl/α,β-unsaturated/α-hetero) is 1. The van der Waals surface area contributed by atoms with Crippen LogP contribution in [0.1, 0.15) is 6.92 Å². The van der Waals surface area contributed by atoms with Crippen molar-refractivity contribution in [3.05, 3.63) is 12.2 Å². The van der Waals surface area contributed by atoms with Crippen molar-refractivity contribution in [1.82, 2.24) is 0 Å². The number of allylic oxidation sites excluding steroid dienone is 1. The van der Waals surface area contributed by atoms with Gasteiger partial charge in [0.05, 0.1) is 0 Å². The Morgan fingerprint density at radius 3 is 2.33 bits per heavy atom. The molecule has 0 aromatic rings. The van der Waals surface area contributed by atoms with E-state index < -0.39 is 4.83 Å². The molecule has 0 amide bonds. The van der Waals surface area contributed by atoms with Crippen molar-refractivity contribution in [3.63, 3.8) is 0 Å². The molecule has 0 aliphatic heterocycles. The van der Waals surface area contributed by atoms with Gasteiger partial charge in [-0.3, -0.25) is 4.79 Å². The van der Waals surface area contributed by atoms with Gasteiger partial charge in [0.15, 0.2) is 5.78 Å². The Morgan fingerprint density at radius 2 is 2.22 bits per heavy atom. The number of aldehydes is 1. The molecule has 0 rings (SSSR count). The second kappa shape index (κ2) is 3.56. The minimum atomic E-state index is -0.713. The largest absolute Gasteiger partial charge is 0.302 e. The molecule has 0 aliphatic carbocycles. The normalized spacial score (nSPS) is 12.2. The Balaban J connectivity index is 4.03. The summed E-state index contributed by atoms with van der Waals surface area (Å²) in [7, 11) is 0. The fraction of sp³-hybridized carbons (Fsp3) is 0.333. The third-order valence-electron chi connectivity index (χ3n) is 0.791. The second-order valence-corrected chi connectivity index (χ2v) is 2.67. The Kier molecular flexibility index (Phi) is 3.39. The minimum Gasteiger partial charge on any atom is -0.302 e. The van der Waals surface area contributed by atoms with Crippen molar-refractivity contribution in [2.45, 2.75) is 11.8 Å². The van der Waals surface area contributed by atoms with Crippen molar-refractivity contribution in [2.24, 2.45) is 0 Å². The number of alkyl halides is 1. The van der Waals surface area contributed by atoms with Gasteiger partial charge in [0, 0.05) is 0 Å². The summed E-state index contributed by atoms with van der Waals surface area (Å²) < 4.78 is 0. The smallest absolute Gasteiger partial charge is 0.178 e. The van der Waals surface area contributed by atoms with Crippen LogP contribution in [0, 0.1) is 0 Å². The first-order valence-corrected chi connectivity index (χ1v) is 3.30. The number of hydrogen-bond donors (Lipinski definition) is 0. The highest BCUT2D eigenvalue weighted by atomic mass is 79.9. The molecule has 0 aliphatic rings. The van der Waals surface area contributed by atoms with Crippen LogP contribution in [0.3, 0.4) is 0 Å². The van der Waals surface area contributed by atoms with E-state index in [2.05, 4.69) is 22.5 Å². The number of halogens is 1. The zero-order valence-electron chi connectivity index (χ0n) is 5.06. The molecular formula is C6H7BrO2. The van der Waals surface area contributed by atoms with Gasteiger partial charge in [-0.15, -0.1) is 0 Å². The molecule has 1 atom stereocenters. The molecule has 9 heavy (non-hydrogen) atoms. The van der Waals surface area contributed by atoms with Gasteiger partial charge in [0.2, 0.25) is 0 Å². The quantitative estimate of drug-likeness (QED) is 0.289. The third-order valence-corrected chi connectivity index (χ3v) is 1.42. The molecule has 0 fully saturated rings. The average Bonchev–Trinajstić information content (AvgIpc) is 1.84. The maximum atomic E-state index is 10.7. The van der Waals surface area contributed by atoms with Crippen LogP contribution in [-0.2, 0) is 9.59 Å². The van der Waals surface area contributed by atoms with E-state index in [0.29, 0.717) is 11.9 Å². The third kappa shape index (κ3) is 2.56. The predicted octanol–water partition coefficient (Wildman–Crippen LogP) is 1.09. The SMILES string of the molecule is C=C(C)C(=O)C(Br)C=O. The molecule has 0 N–H and O–H groups in total. The van der Waals surface area contributed by atoms with E-state index >= 15 is 0 Å². The van der Waals surface area contributed by atoms with Crippen LogP contribution in [0.2, 0.25) is 0 Å². The number of carbonyl (C=O) groups is 2. The lowest BCUT2D eigenvalue weighted by atomic mass is 10.2. The molecule has 0 bridgehead atoms. The summed E-state index contributed by atoms with van der Waals surface area (Å²) >= 11 is 2.86. The lowest BCUT2D eigenvalue weighted by Crippen LogP contribution is -2.15. The summed E-state index contributed by atoms with van der Waals surface area (Å²) in [5.74, 6) is -0.259. The van der Waals surface area contributed by atoms with Crippen LogP contribution in [-0.4, -0.2) is 16.9 Å². The van der Waals surface area contributed by atoms with E-state index in [1.165, 1.54) is 0 Å². The van der Waals surface area contributed by atoms with E-state index in [1.807, 2.05) is 0 Å². The Morgan fingerprint density at radius 1 is 1.78 bits per heavy atom.